The van der Waals surface area contributed by atoms with Crippen molar-refractivity contribution in [1.29, 1.82) is 0 Å². The van der Waals surface area contributed by atoms with Crippen LogP contribution in [0.15, 0.2) is 63.6 Å². The maximum absolute atomic E-state index is 13.8. The number of halogens is 1. The Morgan fingerprint density at radius 1 is 1.19 bits per heavy atom. The van der Waals surface area contributed by atoms with Crippen LogP contribution < -0.4 is 15.7 Å². The maximum Gasteiger partial charge on any atom is 0.267 e. The van der Waals surface area contributed by atoms with Gasteiger partial charge in [-0.2, -0.15) is 5.10 Å². The van der Waals surface area contributed by atoms with E-state index in [0.29, 0.717) is 34.1 Å². The van der Waals surface area contributed by atoms with Crippen LogP contribution >= 0.6 is 23.1 Å². The molecule has 0 radical (unpaired) electrons. The van der Waals surface area contributed by atoms with Crippen molar-refractivity contribution in [1.82, 2.24) is 15.0 Å². The highest BCUT2D eigenvalue weighted by Crippen LogP contribution is 2.35. The summed E-state index contributed by atoms with van der Waals surface area (Å²) in [5, 5.41) is 5.07. The van der Waals surface area contributed by atoms with Crippen LogP contribution in [-0.2, 0) is 17.6 Å². The number of carbonyl (C=O) groups excluding carboxylic acids is 1. The zero-order valence-corrected chi connectivity index (χ0v) is 21.8. The van der Waals surface area contributed by atoms with Crippen molar-refractivity contribution in [2.45, 2.75) is 37.8 Å². The van der Waals surface area contributed by atoms with E-state index in [1.54, 1.807) is 28.0 Å². The third-order valence-corrected chi connectivity index (χ3v) is 8.09. The Morgan fingerprint density at radius 3 is 2.70 bits per heavy atom. The van der Waals surface area contributed by atoms with Crippen molar-refractivity contribution in [3.05, 3.63) is 80.7 Å². The first-order valence-electron chi connectivity index (χ1n) is 12.0. The standard InChI is InChI=1S/C27H25FN4O3S2/c1-2-35-20-13-11-19(12-14-20)32-26(34)24-21-5-3-4-6-22(21)37-25(24)30-27(32)36-16-23(33)31-29-15-17-7-9-18(28)10-8-17/h7-15H,2-6,16H2,1H3,(H,31,33). The lowest BCUT2D eigenvalue weighted by Gasteiger charge is -2.14. The summed E-state index contributed by atoms with van der Waals surface area (Å²) in [6.45, 7) is 2.47. The molecule has 1 amide bonds. The highest BCUT2D eigenvalue weighted by atomic mass is 32.2. The van der Waals surface area contributed by atoms with Gasteiger partial charge in [-0.05, 0) is 80.1 Å². The smallest absolute Gasteiger partial charge is 0.267 e. The van der Waals surface area contributed by atoms with Gasteiger partial charge in [0.25, 0.3) is 11.5 Å². The first-order chi connectivity index (χ1) is 18.0. The van der Waals surface area contributed by atoms with Crippen LogP contribution in [0.5, 0.6) is 5.75 Å². The second kappa shape index (κ2) is 11.3. The van der Waals surface area contributed by atoms with Crippen LogP contribution in [0.2, 0.25) is 0 Å². The number of aromatic nitrogens is 2. The number of hydrazone groups is 1. The quantitative estimate of drug-likeness (QED) is 0.146. The van der Waals surface area contributed by atoms with Crippen molar-refractivity contribution in [3.8, 4) is 11.4 Å². The molecule has 0 bridgehead atoms. The maximum atomic E-state index is 13.8. The number of carbonyl (C=O) groups is 1. The summed E-state index contributed by atoms with van der Waals surface area (Å²) >= 11 is 2.76. The van der Waals surface area contributed by atoms with Crippen LogP contribution in [0.4, 0.5) is 4.39 Å². The molecule has 0 fully saturated rings. The summed E-state index contributed by atoms with van der Waals surface area (Å²) in [4.78, 5) is 33.1. The van der Waals surface area contributed by atoms with Gasteiger partial charge in [0.15, 0.2) is 5.16 Å². The van der Waals surface area contributed by atoms with E-state index in [4.69, 9.17) is 9.72 Å². The first kappa shape index (κ1) is 25.2. The molecule has 1 aliphatic rings. The molecule has 10 heteroatoms. The summed E-state index contributed by atoms with van der Waals surface area (Å²) < 4.78 is 20.2. The van der Waals surface area contributed by atoms with Crippen LogP contribution in [0.25, 0.3) is 15.9 Å². The summed E-state index contributed by atoms with van der Waals surface area (Å²) in [6, 6.07) is 13.1. The molecule has 7 nitrogen and oxygen atoms in total. The van der Waals surface area contributed by atoms with Gasteiger partial charge in [0.1, 0.15) is 16.4 Å². The average Bonchev–Trinajstić information content (AvgIpc) is 3.28. The Balaban J connectivity index is 1.43. The number of nitrogens with zero attached hydrogens (tertiary/aromatic N) is 3. The van der Waals surface area contributed by atoms with Gasteiger partial charge >= 0.3 is 0 Å². The average molecular weight is 537 g/mol. The molecule has 1 aliphatic carbocycles. The monoisotopic (exact) mass is 536 g/mol. The van der Waals surface area contributed by atoms with E-state index in [-0.39, 0.29) is 23.0 Å². The molecule has 1 N–H and O–H groups in total. The van der Waals surface area contributed by atoms with Gasteiger partial charge in [-0.3, -0.25) is 14.2 Å². The number of aryl methyl sites for hydroxylation is 2. The number of nitrogens with one attached hydrogen (secondary N) is 1. The van der Waals surface area contributed by atoms with Gasteiger partial charge in [0, 0.05) is 4.88 Å². The molecule has 0 atom stereocenters. The zero-order valence-electron chi connectivity index (χ0n) is 20.2. The molecule has 0 spiro atoms. The second-order valence-corrected chi connectivity index (χ2v) is 10.5. The molecule has 2 aromatic carbocycles. The fraction of sp³-hybridized carbons (Fsp3) is 0.259. The molecular weight excluding hydrogens is 511 g/mol. The zero-order chi connectivity index (χ0) is 25.8. The van der Waals surface area contributed by atoms with Crippen LogP contribution in [0.1, 0.15) is 35.8 Å². The van der Waals surface area contributed by atoms with Crippen LogP contribution in [0, 0.1) is 5.82 Å². The Hall–Kier alpha value is -3.50. The Labute approximate surface area is 221 Å². The van der Waals surface area contributed by atoms with E-state index in [1.807, 2.05) is 31.2 Å². The Bertz CT molecular complexity index is 1510. The number of fused-ring (bicyclic) bond motifs is 3. The van der Waals surface area contributed by atoms with Gasteiger partial charge < -0.3 is 4.74 Å². The van der Waals surface area contributed by atoms with Gasteiger partial charge in [0.05, 0.1) is 29.6 Å². The number of thioether (sulfide) groups is 1. The molecule has 4 aromatic rings. The minimum atomic E-state index is -0.346. The van der Waals surface area contributed by atoms with Gasteiger partial charge in [0.2, 0.25) is 0 Å². The molecule has 2 aromatic heterocycles. The molecule has 2 heterocycles. The normalized spacial score (nSPS) is 13.1. The predicted octanol–water partition coefficient (Wildman–Crippen LogP) is 5.11. The fourth-order valence-electron chi connectivity index (χ4n) is 4.26. The molecule has 37 heavy (non-hydrogen) atoms. The lowest BCUT2D eigenvalue weighted by atomic mass is 9.97. The Kier molecular flexibility index (Phi) is 7.66. The molecule has 0 unspecified atom stereocenters. The predicted molar refractivity (Wildman–Crippen MR) is 146 cm³/mol. The number of ether oxygens (including phenoxy) is 1. The fourth-order valence-corrected chi connectivity index (χ4v) is 6.37. The lowest BCUT2D eigenvalue weighted by Crippen LogP contribution is -2.24. The number of amides is 1. The highest BCUT2D eigenvalue weighted by Gasteiger charge is 2.23. The van der Waals surface area contributed by atoms with Crippen molar-refractivity contribution in [2.24, 2.45) is 5.10 Å². The van der Waals surface area contributed by atoms with E-state index in [0.717, 1.165) is 36.1 Å². The summed E-state index contributed by atoms with van der Waals surface area (Å²) in [6.07, 6.45) is 5.48. The van der Waals surface area contributed by atoms with E-state index in [9.17, 15) is 14.0 Å². The number of hydrogen-bond donors (Lipinski definition) is 1. The minimum Gasteiger partial charge on any atom is -0.494 e. The van der Waals surface area contributed by atoms with Gasteiger partial charge in [-0.1, -0.05) is 23.9 Å². The number of hydrogen-bond acceptors (Lipinski definition) is 7. The van der Waals surface area contributed by atoms with Gasteiger partial charge in [-0.15, -0.1) is 11.3 Å². The summed E-state index contributed by atoms with van der Waals surface area (Å²) in [5.74, 6) is 0.0448. The molecule has 0 saturated carbocycles. The first-order valence-corrected chi connectivity index (χ1v) is 13.8. The third-order valence-electron chi connectivity index (χ3n) is 5.97. The topological polar surface area (TPSA) is 85.6 Å². The number of benzene rings is 2. The largest absolute Gasteiger partial charge is 0.494 e. The van der Waals surface area contributed by atoms with Crippen LogP contribution in [0.3, 0.4) is 0 Å². The second-order valence-electron chi connectivity index (χ2n) is 8.49. The van der Waals surface area contributed by atoms with Gasteiger partial charge in [-0.25, -0.2) is 14.8 Å². The molecule has 0 aliphatic heterocycles. The summed E-state index contributed by atoms with van der Waals surface area (Å²) in [5.41, 5.74) is 4.80. The van der Waals surface area contributed by atoms with E-state index in [2.05, 4.69) is 10.5 Å². The lowest BCUT2D eigenvalue weighted by molar-refractivity contribution is -0.118. The molecule has 0 saturated heterocycles. The Morgan fingerprint density at radius 2 is 1.95 bits per heavy atom. The minimum absolute atomic E-state index is 0.0147. The summed E-state index contributed by atoms with van der Waals surface area (Å²) in [7, 11) is 0. The van der Waals surface area contributed by atoms with E-state index >= 15 is 0 Å². The van der Waals surface area contributed by atoms with E-state index in [1.165, 1.54) is 35.0 Å². The SMILES string of the molecule is CCOc1ccc(-n2c(SCC(=O)NN=Cc3ccc(F)cc3)nc3sc4c(c3c2=O)CCCC4)cc1. The number of rotatable bonds is 8. The third kappa shape index (κ3) is 5.60. The molecule has 5 rings (SSSR count). The molecular formula is C27H25FN4O3S2. The van der Waals surface area contributed by atoms with Crippen LogP contribution in [-0.4, -0.2) is 34.0 Å². The van der Waals surface area contributed by atoms with Crippen molar-refractivity contribution in [3.63, 3.8) is 0 Å². The molecule has 190 valence electrons. The van der Waals surface area contributed by atoms with E-state index < -0.39 is 0 Å². The van der Waals surface area contributed by atoms with Crippen molar-refractivity contribution < 1.29 is 13.9 Å². The van der Waals surface area contributed by atoms with Crippen molar-refractivity contribution in [2.75, 3.05) is 12.4 Å². The number of thiophene rings is 1. The van der Waals surface area contributed by atoms with Crippen molar-refractivity contribution >= 4 is 45.4 Å². The highest BCUT2D eigenvalue weighted by molar-refractivity contribution is 7.99.